The molecule has 74 valence electrons. The summed E-state index contributed by atoms with van der Waals surface area (Å²) in [6, 6.07) is 4.37. The van der Waals surface area contributed by atoms with Crippen LogP contribution in [0.25, 0.3) is 0 Å². The quantitative estimate of drug-likeness (QED) is 0.625. The molecule has 14 heavy (non-hydrogen) atoms. The fourth-order valence-electron chi connectivity index (χ4n) is 2.34. The molecular formula is C10H13N3O. The second-order valence-corrected chi connectivity index (χ2v) is 3.95. The monoisotopic (exact) mass is 191 g/mol. The van der Waals surface area contributed by atoms with Crippen molar-refractivity contribution in [3.05, 3.63) is 18.3 Å². The summed E-state index contributed by atoms with van der Waals surface area (Å²) in [6.07, 6.45) is 2.45. The fourth-order valence-corrected chi connectivity index (χ4v) is 2.34. The molecule has 2 N–H and O–H groups in total. The molecule has 0 amide bonds. The van der Waals surface area contributed by atoms with Gasteiger partial charge in [-0.15, -0.1) is 0 Å². The van der Waals surface area contributed by atoms with Gasteiger partial charge in [0.05, 0.1) is 17.8 Å². The third-order valence-corrected chi connectivity index (χ3v) is 2.98. The van der Waals surface area contributed by atoms with E-state index in [-0.39, 0.29) is 6.10 Å². The molecule has 1 saturated heterocycles. The smallest absolute Gasteiger partial charge is 0.152 e. The third-order valence-electron chi connectivity index (χ3n) is 2.98. The van der Waals surface area contributed by atoms with Crippen LogP contribution in [0.1, 0.15) is 6.42 Å². The second kappa shape index (κ2) is 2.85. The first kappa shape index (κ1) is 8.05. The van der Waals surface area contributed by atoms with Crippen LogP contribution in [-0.2, 0) is 0 Å². The van der Waals surface area contributed by atoms with Crippen molar-refractivity contribution < 1.29 is 5.11 Å². The Kier molecular flexibility index (Phi) is 1.64. The second-order valence-electron chi connectivity index (χ2n) is 3.95. The Morgan fingerprint density at radius 1 is 1.57 bits per heavy atom. The summed E-state index contributed by atoms with van der Waals surface area (Å²) < 4.78 is 0. The summed E-state index contributed by atoms with van der Waals surface area (Å²) >= 11 is 0. The minimum atomic E-state index is -0.199. The van der Waals surface area contributed by atoms with Crippen LogP contribution < -0.4 is 10.2 Å². The van der Waals surface area contributed by atoms with E-state index >= 15 is 0 Å². The standard InChI is InChI=1S/C10H13N3O/c14-8-4-7-5-12-9-2-1-3-11-10(9)13(7)6-8/h1-3,7-8,12,14H,4-6H2/t7-,8+/m1/s1. The number of rotatable bonds is 0. The zero-order chi connectivity index (χ0) is 9.54. The molecule has 0 saturated carbocycles. The molecule has 0 aromatic carbocycles. The summed E-state index contributed by atoms with van der Waals surface area (Å²) in [5.74, 6) is 0.986. The number of anilines is 2. The van der Waals surface area contributed by atoms with Crippen molar-refractivity contribution in [2.75, 3.05) is 23.3 Å². The number of aliphatic hydroxyl groups excluding tert-OH is 1. The van der Waals surface area contributed by atoms with Crippen molar-refractivity contribution in [2.24, 2.45) is 0 Å². The largest absolute Gasteiger partial charge is 0.391 e. The average Bonchev–Trinajstić information content (AvgIpc) is 2.59. The Balaban J connectivity index is 2.01. The lowest BCUT2D eigenvalue weighted by atomic mass is 10.1. The van der Waals surface area contributed by atoms with Gasteiger partial charge in [-0.1, -0.05) is 0 Å². The number of hydrogen-bond acceptors (Lipinski definition) is 4. The molecule has 0 spiro atoms. The Labute approximate surface area is 82.6 Å². The van der Waals surface area contributed by atoms with E-state index in [1.807, 2.05) is 12.1 Å². The van der Waals surface area contributed by atoms with Gasteiger partial charge < -0.3 is 15.3 Å². The minimum Gasteiger partial charge on any atom is -0.391 e. The molecule has 2 atom stereocenters. The van der Waals surface area contributed by atoms with Gasteiger partial charge in [-0.05, 0) is 18.6 Å². The molecule has 3 rings (SSSR count). The Morgan fingerprint density at radius 2 is 2.50 bits per heavy atom. The van der Waals surface area contributed by atoms with Crippen LogP contribution in [0.3, 0.4) is 0 Å². The number of nitrogens with zero attached hydrogens (tertiary/aromatic N) is 2. The molecular weight excluding hydrogens is 178 g/mol. The normalized spacial score (nSPS) is 29.4. The highest BCUT2D eigenvalue weighted by atomic mass is 16.3. The first-order chi connectivity index (χ1) is 6.84. The van der Waals surface area contributed by atoms with E-state index in [4.69, 9.17) is 0 Å². The molecule has 0 unspecified atom stereocenters. The molecule has 0 radical (unpaired) electrons. The molecule has 1 fully saturated rings. The minimum absolute atomic E-state index is 0.199. The van der Waals surface area contributed by atoms with E-state index in [1.54, 1.807) is 6.20 Å². The van der Waals surface area contributed by atoms with Crippen LogP contribution in [0.4, 0.5) is 11.5 Å². The maximum atomic E-state index is 9.59. The number of nitrogens with one attached hydrogen (secondary N) is 1. The van der Waals surface area contributed by atoms with Gasteiger partial charge in [-0.25, -0.2) is 4.98 Å². The average molecular weight is 191 g/mol. The lowest BCUT2D eigenvalue weighted by Gasteiger charge is -2.32. The van der Waals surface area contributed by atoms with Gasteiger partial charge in [0.25, 0.3) is 0 Å². The van der Waals surface area contributed by atoms with Crippen molar-refractivity contribution in [3.8, 4) is 0 Å². The van der Waals surface area contributed by atoms with E-state index in [2.05, 4.69) is 15.2 Å². The third kappa shape index (κ3) is 1.07. The molecule has 0 bridgehead atoms. The Bertz CT molecular complexity index is 355. The van der Waals surface area contributed by atoms with E-state index < -0.39 is 0 Å². The van der Waals surface area contributed by atoms with Crippen LogP contribution >= 0.6 is 0 Å². The van der Waals surface area contributed by atoms with Gasteiger partial charge in [0, 0.05) is 19.3 Å². The SMILES string of the molecule is O[C@H]1C[C@@H]2CNc3cccnc3N2C1. The van der Waals surface area contributed by atoms with Crippen molar-refractivity contribution in [1.29, 1.82) is 0 Å². The van der Waals surface area contributed by atoms with Gasteiger partial charge in [-0.2, -0.15) is 0 Å². The molecule has 3 heterocycles. The zero-order valence-electron chi connectivity index (χ0n) is 7.85. The molecule has 4 heteroatoms. The highest BCUT2D eigenvalue weighted by Crippen LogP contribution is 2.33. The molecule has 2 aliphatic heterocycles. The van der Waals surface area contributed by atoms with Crippen LogP contribution in [0.2, 0.25) is 0 Å². The van der Waals surface area contributed by atoms with Crippen LogP contribution in [0, 0.1) is 0 Å². The topological polar surface area (TPSA) is 48.4 Å². The van der Waals surface area contributed by atoms with Gasteiger partial charge in [0.2, 0.25) is 0 Å². The summed E-state index contributed by atoms with van der Waals surface area (Å²) in [6.45, 7) is 1.63. The first-order valence-electron chi connectivity index (χ1n) is 4.98. The molecule has 4 nitrogen and oxygen atoms in total. The Morgan fingerprint density at radius 3 is 3.43 bits per heavy atom. The number of aliphatic hydroxyl groups is 1. The number of hydrogen-bond donors (Lipinski definition) is 2. The van der Waals surface area contributed by atoms with Gasteiger partial charge in [-0.3, -0.25) is 0 Å². The van der Waals surface area contributed by atoms with Crippen molar-refractivity contribution in [1.82, 2.24) is 4.98 Å². The summed E-state index contributed by atoms with van der Waals surface area (Å²) in [4.78, 5) is 6.55. The predicted octanol–water partition coefficient (Wildman–Crippen LogP) is 0.447. The van der Waals surface area contributed by atoms with E-state index in [9.17, 15) is 5.11 Å². The van der Waals surface area contributed by atoms with Crippen molar-refractivity contribution >= 4 is 11.5 Å². The first-order valence-corrected chi connectivity index (χ1v) is 4.98. The van der Waals surface area contributed by atoms with Gasteiger partial charge in [0.15, 0.2) is 5.82 Å². The number of aromatic nitrogens is 1. The fraction of sp³-hybridized carbons (Fsp3) is 0.500. The summed E-state index contributed by atoms with van der Waals surface area (Å²) in [5.41, 5.74) is 1.08. The van der Waals surface area contributed by atoms with E-state index in [1.165, 1.54) is 0 Å². The zero-order valence-corrected chi connectivity index (χ0v) is 7.85. The lowest BCUT2D eigenvalue weighted by molar-refractivity contribution is 0.195. The summed E-state index contributed by atoms with van der Waals surface area (Å²) in [7, 11) is 0. The molecule has 0 aliphatic carbocycles. The summed E-state index contributed by atoms with van der Waals surface area (Å²) in [5, 5.41) is 12.9. The van der Waals surface area contributed by atoms with Crippen LogP contribution in [-0.4, -0.2) is 35.3 Å². The van der Waals surface area contributed by atoms with Crippen molar-refractivity contribution in [3.63, 3.8) is 0 Å². The molecule has 1 aromatic rings. The molecule has 2 aliphatic rings. The van der Waals surface area contributed by atoms with E-state index in [0.717, 1.165) is 31.0 Å². The highest BCUT2D eigenvalue weighted by Gasteiger charge is 2.35. The van der Waals surface area contributed by atoms with E-state index in [0.29, 0.717) is 6.04 Å². The maximum absolute atomic E-state index is 9.59. The molecule has 1 aromatic heterocycles. The maximum Gasteiger partial charge on any atom is 0.152 e. The van der Waals surface area contributed by atoms with Crippen LogP contribution in [0.15, 0.2) is 18.3 Å². The van der Waals surface area contributed by atoms with Gasteiger partial charge in [0.1, 0.15) is 0 Å². The predicted molar refractivity (Wildman–Crippen MR) is 54.5 cm³/mol. The lowest BCUT2D eigenvalue weighted by Crippen LogP contribution is -2.39. The number of fused-ring (bicyclic) bond motifs is 3. The highest BCUT2D eigenvalue weighted by molar-refractivity contribution is 5.69. The van der Waals surface area contributed by atoms with Crippen molar-refractivity contribution in [2.45, 2.75) is 18.6 Å². The van der Waals surface area contributed by atoms with Crippen LogP contribution in [0.5, 0.6) is 0 Å². The number of pyridine rings is 1. The van der Waals surface area contributed by atoms with Gasteiger partial charge >= 0.3 is 0 Å². The Hall–Kier alpha value is -1.29.